The highest BCUT2D eigenvalue weighted by atomic mass is 16.2. The monoisotopic (exact) mass is 366 g/mol. The van der Waals surface area contributed by atoms with Crippen LogP contribution in [-0.4, -0.2) is 28.8 Å². The Hall–Kier alpha value is -2.62. The van der Waals surface area contributed by atoms with Gasteiger partial charge < -0.3 is 10.2 Å². The summed E-state index contributed by atoms with van der Waals surface area (Å²) in [6, 6.07) is 17.3. The molecular weight excluding hydrogens is 336 g/mol. The Kier molecular flexibility index (Phi) is 7.59. The number of nitrogens with zero attached hydrogens (tertiary/aromatic N) is 1. The lowest BCUT2D eigenvalue weighted by molar-refractivity contribution is -0.141. The number of benzene rings is 2. The molecule has 4 heteroatoms. The van der Waals surface area contributed by atoms with Crippen LogP contribution < -0.4 is 5.32 Å². The number of amides is 2. The van der Waals surface area contributed by atoms with Crippen LogP contribution in [0.2, 0.25) is 0 Å². The van der Waals surface area contributed by atoms with Crippen LogP contribution in [0.3, 0.4) is 0 Å². The Balaban J connectivity index is 2.28. The lowest BCUT2D eigenvalue weighted by atomic mass is 10.0. The minimum atomic E-state index is -0.482. The van der Waals surface area contributed by atoms with Crippen molar-refractivity contribution in [2.45, 2.75) is 59.2 Å². The van der Waals surface area contributed by atoms with Gasteiger partial charge in [0.05, 0.1) is 6.42 Å². The summed E-state index contributed by atoms with van der Waals surface area (Å²) in [5, 5.41) is 2.96. The van der Waals surface area contributed by atoms with Crippen molar-refractivity contribution in [2.75, 3.05) is 0 Å². The molecule has 0 aliphatic carbocycles. The van der Waals surface area contributed by atoms with Crippen LogP contribution in [0, 0.1) is 6.92 Å². The standard InChI is InChI=1S/C23H30N2O2/c1-5-21(23(27)24-17(2)3)25(16-19-12-7-6-8-13-19)22(26)15-20-14-10-9-11-18(20)4/h6-14,17,21H,5,15-16H2,1-4H3,(H,24,27). The van der Waals surface area contributed by atoms with E-state index in [0.29, 0.717) is 19.4 Å². The van der Waals surface area contributed by atoms with E-state index in [1.54, 1.807) is 4.90 Å². The molecule has 4 nitrogen and oxygen atoms in total. The molecule has 1 unspecified atom stereocenters. The van der Waals surface area contributed by atoms with Crippen molar-refractivity contribution in [3.05, 3.63) is 71.3 Å². The zero-order valence-electron chi connectivity index (χ0n) is 16.7. The SMILES string of the molecule is CCC(C(=O)NC(C)C)N(Cc1ccccc1)C(=O)Cc1ccccc1C. The molecule has 2 rings (SSSR count). The summed E-state index contributed by atoms with van der Waals surface area (Å²) in [6.07, 6.45) is 0.871. The first-order valence-electron chi connectivity index (χ1n) is 9.60. The Bertz CT molecular complexity index is 756. The molecule has 27 heavy (non-hydrogen) atoms. The molecule has 0 fully saturated rings. The van der Waals surface area contributed by atoms with Crippen LogP contribution in [-0.2, 0) is 22.6 Å². The summed E-state index contributed by atoms with van der Waals surface area (Å²) in [5.74, 6) is -0.125. The van der Waals surface area contributed by atoms with Crippen LogP contribution in [0.4, 0.5) is 0 Å². The van der Waals surface area contributed by atoms with Gasteiger partial charge in [0.2, 0.25) is 11.8 Å². The fourth-order valence-electron chi connectivity index (χ4n) is 3.15. The highest BCUT2D eigenvalue weighted by molar-refractivity contribution is 5.88. The molecule has 0 aromatic heterocycles. The third kappa shape index (κ3) is 5.95. The molecule has 0 saturated heterocycles. The van der Waals surface area contributed by atoms with Crippen molar-refractivity contribution in [2.24, 2.45) is 0 Å². The first-order chi connectivity index (χ1) is 12.9. The number of carbonyl (C=O) groups excluding carboxylic acids is 2. The summed E-state index contributed by atoms with van der Waals surface area (Å²) < 4.78 is 0. The molecule has 0 bridgehead atoms. The molecular formula is C23H30N2O2. The maximum absolute atomic E-state index is 13.2. The van der Waals surface area contributed by atoms with Crippen LogP contribution in [0.15, 0.2) is 54.6 Å². The van der Waals surface area contributed by atoms with Gasteiger partial charge in [-0.15, -0.1) is 0 Å². The Labute approximate surface area is 162 Å². The summed E-state index contributed by atoms with van der Waals surface area (Å²) in [4.78, 5) is 27.7. The predicted octanol–water partition coefficient (Wildman–Crippen LogP) is 3.87. The first kappa shape index (κ1) is 20.7. The van der Waals surface area contributed by atoms with E-state index in [2.05, 4.69) is 5.32 Å². The smallest absolute Gasteiger partial charge is 0.243 e. The lowest BCUT2D eigenvalue weighted by Crippen LogP contribution is -2.50. The van der Waals surface area contributed by atoms with Gasteiger partial charge in [0.1, 0.15) is 6.04 Å². The molecule has 2 aromatic rings. The van der Waals surface area contributed by atoms with Gasteiger partial charge in [0.25, 0.3) is 0 Å². The van der Waals surface area contributed by atoms with E-state index in [0.717, 1.165) is 16.7 Å². The molecule has 2 aromatic carbocycles. The average molecular weight is 367 g/mol. The van der Waals surface area contributed by atoms with E-state index in [1.165, 1.54) is 0 Å². The van der Waals surface area contributed by atoms with Crippen molar-refractivity contribution in [3.8, 4) is 0 Å². The molecule has 144 valence electrons. The Morgan fingerprint density at radius 2 is 1.63 bits per heavy atom. The molecule has 0 radical (unpaired) electrons. The molecule has 0 heterocycles. The zero-order chi connectivity index (χ0) is 19.8. The van der Waals surface area contributed by atoms with E-state index in [-0.39, 0.29) is 17.9 Å². The average Bonchev–Trinajstić information content (AvgIpc) is 2.63. The van der Waals surface area contributed by atoms with E-state index in [9.17, 15) is 9.59 Å². The number of hydrogen-bond donors (Lipinski definition) is 1. The molecule has 0 saturated carbocycles. The minimum Gasteiger partial charge on any atom is -0.352 e. The van der Waals surface area contributed by atoms with E-state index in [4.69, 9.17) is 0 Å². The largest absolute Gasteiger partial charge is 0.352 e. The van der Waals surface area contributed by atoms with Crippen molar-refractivity contribution < 1.29 is 9.59 Å². The summed E-state index contributed by atoms with van der Waals surface area (Å²) in [6.45, 7) is 8.24. The van der Waals surface area contributed by atoms with Crippen molar-refractivity contribution >= 4 is 11.8 Å². The molecule has 1 N–H and O–H groups in total. The molecule has 1 atom stereocenters. The second kappa shape index (κ2) is 9.91. The Morgan fingerprint density at radius 3 is 2.22 bits per heavy atom. The Morgan fingerprint density at radius 1 is 1.00 bits per heavy atom. The summed E-state index contributed by atoms with van der Waals surface area (Å²) >= 11 is 0. The van der Waals surface area contributed by atoms with Gasteiger partial charge in [-0.25, -0.2) is 0 Å². The van der Waals surface area contributed by atoms with Gasteiger partial charge >= 0.3 is 0 Å². The van der Waals surface area contributed by atoms with Crippen molar-refractivity contribution in [1.82, 2.24) is 10.2 Å². The highest BCUT2D eigenvalue weighted by Crippen LogP contribution is 2.16. The number of carbonyl (C=O) groups is 2. The second-order valence-corrected chi connectivity index (χ2v) is 7.20. The van der Waals surface area contributed by atoms with Gasteiger partial charge in [0.15, 0.2) is 0 Å². The fourth-order valence-corrected chi connectivity index (χ4v) is 3.15. The number of rotatable bonds is 8. The molecule has 2 amide bonds. The first-order valence-corrected chi connectivity index (χ1v) is 9.60. The number of nitrogens with one attached hydrogen (secondary N) is 1. The zero-order valence-corrected chi connectivity index (χ0v) is 16.7. The van der Waals surface area contributed by atoms with Gasteiger partial charge in [-0.1, -0.05) is 61.5 Å². The topological polar surface area (TPSA) is 49.4 Å². The predicted molar refractivity (Wildman–Crippen MR) is 109 cm³/mol. The van der Waals surface area contributed by atoms with Crippen LogP contribution >= 0.6 is 0 Å². The van der Waals surface area contributed by atoms with Crippen molar-refractivity contribution in [3.63, 3.8) is 0 Å². The van der Waals surface area contributed by atoms with Crippen LogP contribution in [0.25, 0.3) is 0 Å². The fraction of sp³-hybridized carbons (Fsp3) is 0.391. The summed E-state index contributed by atoms with van der Waals surface area (Å²) in [7, 11) is 0. The van der Waals surface area contributed by atoms with Gasteiger partial charge in [0, 0.05) is 12.6 Å². The maximum atomic E-state index is 13.2. The molecule has 0 aliphatic heterocycles. The van der Waals surface area contributed by atoms with Gasteiger partial charge in [-0.3, -0.25) is 9.59 Å². The quantitative estimate of drug-likeness (QED) is 0.771. The third-order valence-corrected chi connectivity index (χ3v) is 4.62. The second-order valence-electron chi connectivity index (χ2n) is 7.20. The molecule has 0 aliphatic rings. The van der Waals surface area contributed by atoms with Gasteiger partial charge in [-0.2, -0.15) is 0 Å². The van der Waals surface area contributed by atoms with E-state index in [1.807, 2.05) is 82.3 Å². The minimum absolute atomic E-state index is 0.0288. The van der Waals surface area contributed by atoms with E-state index >= 15 is 0 Å². The number of aryl methyl sites for hydroxylation is 1. The number of hydrogen-bond acceptors (Lipinski definition) is 2. The third-order valence-electron chi connectivity index (χ3n) is 4.62. The van der Waals surface area contributed by atoms with Crippen LogP contribution in [0.5, 0.6) is 0 Å². The van der Waals surface area contributed by atoms with E-state index < -0.39 is 6.04 Å². The molecule has 0 spiro atoms. The normalized spacial score (nSPS) is 11.9. The lowest BCUT2D eigenvalue weighted by Gasteiger charge is -2.31. The summed E-state index contributed by atoms with van der Waals surface area (Å²) in [5.41, 5.74) is 3.11. The highest BCUT2D eigenvalue weighted by Gasteiger charge is 2.29. The van der Waals surface area contributed by atoms with Crippen LogP contribution in [0.1, 0.15) is 43.9 Å². The van der Waals surface area contributed by atoms with Gasteiger partial charge in [-0.05, 0) is 43.9 Å². The maximum Gasteiger partial charge on any atom is 0.243 e. The van der Waals surface area contributed by atoms with Crippen molar-refractivity contribution in [1.29, 1.82) is 0 Å².